The first-order valence-electron chi connectivity index (χ1n) is 9.29. The molecule has 7 heteroatoms. The molecule has 0 spiro atoms. The predicted octanol–water partition coefficient (Wildman–Crippen LogP) is 4.18. The molecule has 1 saturated heterocycles. The maximum absolute atomic E-state index is 13.4. The number of carbonyl (C=O) groups is 1. The standard InChI is InChI=1S/C21H26BrNO5/c1-5-7-9-23(12-14-10-17-18(11-15(14)22)26-13-25-17)20(24)19-16(8-6-2)27-21(3,4)28-19/h5-6,10-11,16,19H,1-2,7-9,12-13H2,3-4H3/t16-,19+/m1/s1. The minimum Gasteiger partial charge on any atom is -0.454 e. The molecule has 2 aliphatic rings. The first kappa shape index (κ1) is 20.9. The van der Waals surface area contributed by atoms with Crippen LogP contribution in [0.25, 0.3) is 0 Å². The van der Waals surface area contributed by atoms with Gasteiger partial charge in [0.15, 0.2) is 23.4 Å². The average molecular weight is 452 g/mol. The van der Waals surface area contributed by atoms with Gasteiger partial charge >= 0.3 is 0 Å². The van der Waals surface area contributed by atoms with Gasteiger partial charge in [0.25, 0.3) is 5.91 Å². The fourth-order valence-electron chi connectivity index (χ4n) is 3.36. The highest BCUT2D eigenvalue weighted by Gasteiger charge is 2.45. The monoisotopic (exact) mass is 451 g/mol. The Hall–Kier alpha value is -1.83. The minimum absolute atomic E-state index is 0.108. The second-order valence-corrected chi connectivity index (χ2v) is 8.11. The van der Waals surface area contributed by atoms with Gasteiger partial charge in [-0.3, -0.25) is 4.79 Å². The van der Waals surface area contributed by atoms with Crippen LogP contribution in [-0.4, -0.2) is 42.1 Å². The smallest absolute Gasteiger partial charge is 0.254 e. The molecule has 1 aromatic carbocycles. The molecule has 3 rings (SSSR count). The molecule has 0 aromatic heterocycles. The molecular weight excluding hydrogens is 426 g/mol. The zero-order valence-electron chi connectivity index (χ0n) is 16.3. The molecular formula is C21H26BrNO5. The van der Waals surface area contributed by atoms with E-state index in [0.29, 0.717) is 37.4 Å². The van der Waals surface area contributed by atoms with Crippen LogP contribution in [0.15, 0.2) is 41.9 Å². The Morgan fingerprint density at radius 1 is 1.25 bits per heavy atom. The van der Waals surface area contributed by atoms with Crippen molar-refractivity contribution in [2.45, 2.75) is 51.2 Å². The summed E-state index contributed by atoms with van der Waals surface area (Å²) in [6.45, 7) is 12.3. The SMILES string of the molecule is C=CCCN(Cc1cc2c(cc1Br)OCO2)C(=O)[C@H]1OC(C)(C)O[C@@H]1CC=C. The van der Waals surface area contributed by atoms with Crippen LogP contribution in [0.4, 0.5) is 0 Å². The number of hydrogen-bond acceptors (Lipinski definition) is 5. The largest absolute Gasteiger partial charge is 0.454 e. The van der Waals surface area contributed by atoms with Crippen LogP contribution < -0.4 is 9.47 Å². The minimum atomic E-state index is -0.808. The summed E-state index contributed by atoms with van der Waals surface area (Å²) in [5.41, 5.74) is 0.931. The van der Waals surface area contributed by atoms with Crippen molar-refractivity contribution in [1.82, 2.24) is 4.90 Å². The molecule has 0 N–H and O–H groups in total. The number of amides is 1. The van der Waals surface area contributed by atoms with E-state index in [1.165, 1.54) is 0 Å². The number of fused-ring (bicyclic) bond motifs is 1. The van der Waals surface area contributed by atoms with Crippen LogP contribution in [0.1, 0.15) is 32.3 Å². The van der Waals surface area contributed by atoms with Gasteiger partial charge in [0, 0.05) is 17.6 Å². The third kappa shape index (κ3) is 4.59. The lowest BCUT2D eigenvalue weighted by Crippen LogP contribution is -2.44. The molecule has 152 valence electrons. The van der Waals surface area contributed by atoms with E-state index in [4.69, 9.17) is 18.9 Å². The number of rotatable bonds is 8. The molecule has 0 unspecified atom stereocenters. The number of carbonyl (C=O) groups excluding carboxylic acids is 1. The number of hydrogen-bond donors (Lipinski definition) is 0. The van der Waals surface area contributed by atoms with Crippen molar-refractivity contribution in [1.29, 1.82) is 0 Å². The Bertz CT molecular complexity index is 763. The van der Waals surface area contributed by atoms with Gasteiger partial charge in [-0.1, -0.05) is 28.1 Å². The molecule has 1 aromatic rings. The van der Waals surface area contributed by atoms with Gasteiger partial charge in [-0.25, -0.2) is 0 Å². The molecule has 6 nitrogen and oxygen atoms in total. The maximum Gasteiger partial charge on any atom is 0.254 e. The van der Waals surface area contributed by atoms with Crippen molar-refractivity contribution in [2.24, 2.45) is 0 Å². The van der Waals surface area contributed by atoms with E-state index in [1.54, 1.807) is 17.1 Å². The molecule has 0 bridgehead atoms. The van der Waals surface area contributed by atoms with E-state index in [0.717, 1.165) is 10.0 Å². The van der Waals surface area contributed by atoms with Crippen LogP contribution in [0.2, 0.25) is 0 Å². The predicted molar refractivity (Wildman–Crippen MR) is 109 cm³/mol. The van der Waals surface area contributed by atoms with E-state index in [9.17, 15) is 4.79 Å². The number of ether oxygens (including phenoxy) is 4. The quantitative estimate of drug-likeness (QED) is 0.554. The van der Waals surface area contributed by atoms with Gasteiger partial charge in [0.1, 0.15) is 0 Å². The number of nitrogens with zero attached hydrogens (tertiary/aromatic N) is 1. The van der Waals surface area contributed by atoms with Gasteiger partial charge in [-0.15, -0.1) is 13.2 Å². The van der Waals surface area contributed by atoms with Gasteiger partial charge in [0.2, 0.25) is 6.79 Å². The molecule has 1 amide bonds. The fourth-order valence-corrected chi connectivity index (χ4v) is 3.81. The van der Waals surface area contributed by atoms with Gasteiger partial charge in [-0.05, 0) is 44.4 Å². The highest BCUT2D eigenvalue weighted by atomic mass is 79.9. The zero-order valence-corrected chi connectivity index (χ0v) is 17.9. The zero-order chi connectivity index (χ0) is 20.3. The lowest BCUT2D eigenvalue weighted by atomic mass is 10.1. The molecule has 0 radical (unpaired) electrons. The summed E-state index contributed by atoms with van der Waals surface area (Å²) in [7, 11) is 0. The van der Waals surface area contributed by atoms with Crippen molar-refractivity contribution in [3.05, 3.63) is 47.5 Å². The summed E-state index contributed by atoms with van der Waals surface area (Å²) in [5.74, 6) is 0.460. The lowest BCUT2D eigenvalue weighted by Gasteiger charge is -2.27. The Morgan fingerprint density at radius 3 is 2.64 bits per heavy atom. The van der Waals surface area contributed by atoms with E-state index in [1.807, 2.05) is 26.0 Å². The van der Waals surface area contributed by atoms with Crippen LogP contribution in [0.3, 0.4) is 0 Å². The van der Waals surface area contributed by atoms with Gasteiger partial charge in [-0.2, -0.15) is 0 Å². The van der Waals surface area contributed by atoms with E-state index < -0.39 is 11.9 Å². The van der Waals surface area contributed by atoms with Crippen LogP contribution in [0, 0.1) is 0 Å². The summed E-state index contributed by atoms with van der Waals surface area (Å²) in [5, 5.41) is 0. The molecule has 0 saturated carbocycles. The Morgan fingerprint density at radius 2 is 1.96 bits per heavy atom. The molecule has 0 aliphatic carbocycles. The summed E-state index contributed by atoms with van der Waals surface area (Å²) >= 11 is 3.57. The normalized spacial score (nSPS) is 22.1. The summed E-state index contributed by atoms with van der Waals surface area (Å²) in [6.07, 6.45) is 3.74. The molecule has 1 fully saturated rings. The highest BCUT2D eigenvalue weighted by molar-refractivity contribution is 9.10. The number of halogens is 1. The summed E-state index contributed by atoms with van der Waals surface area (Å²) in [4.78, 5) is 15.1. The van der Waals surface area contributed by atoms with Crippen molar-refractivity contribution >= 4 is 21.8 Å². The second-order valence-electron chi connectivity index (χ2n) is 7.25. The van der Waals surface area contributed by atoms with Crippen molar-refractivity contribution in [3.63, 3.8) is 0 Å². The number of benzene rings is 1. The Kier molecular flexibility index (Phi) is 6.47. The first-order valence-corrected chi connectivity index (χ1v) is 10.1. The van der Waals surface area contributed by atoms with E-state index >= 15 is 0 Å². The van der Waals surface area contributed by atoms with Crippen molar-refractivity contribution in [2.75, 3.05) is 13.3 Å². The van der Waals surface area contributed by atoms with Crippen molar-refractivity contribution in [3.8, 4) is 11.5 Å². The first-order chi connectivity index (χ1) is 13.3. The van der Waals surface area contributed by atoms with E-state index in [2.05, 4.69) is 29.1 Å². The summed E-state index contributed by atoms with van der Waals surface area (Å²) < 4.78 is 23.6. The van der Waals surface area contributed by atoms with Crippen molar-refractivity contribution < 1.29 is 23.7 Å². The summed E-state index contributed by atoms with van der Waals surface area (Å²) in [6, 6.07) is 3.77. The topological polar surface area (TPSA) is 57.2 Å². The van der Waals surface area contributed by atoms with Gasteiger partial charge < -0.3 is 23.8 Å². The van der Waals surface area contributed by atoms with Crippen LogP contribution >= 0.6 is 15.9 Å². The Labute approximate surface area is 174 Å². The third-order valence-corrected chi connectivity index (χ3v) is 5.38. The molecule has 2 aliphatic heterocycles. The average Bonchev–Trinajstić information content (AvgIpc) is 3.21. The fraction of sp³-hybridized carbons (Fsp3) is 0.476. The molecule has 28 heavy (non-hydrogen) atoms. The van der Waals surface area contributed by atoms with Crippen LogP contribution in [0.5, 0.6) is 11.5 Å². The maximum atomic E-state index is 13.4. The molecule has 2 atom stereocenters. The van der Waals surface area contributed by atoms with Gasteiger partial charge in [0.05, 0.1) is 6.10 Å². The third-order valence-electron chi connectivity index (χ3n) is 4.64. The van der Waals surface area contributed by atoms with E-state index in [-0.39, 0.29) is 18.8 Å². The lowest BCUT2D eigenvalue weighted by molar-refractivity contribution is -0.162. The second kappa shape index (κ2) is 8.68. The molecule has 2 heterocycles. The highest BCUT2D eigenvalue weighted by Crippen LogP contribution is 2.38. The Balaban J connectivity index is 1.82. The van der Waals surface area contributed by atoms with Crippen LogP contribution in [-0.2, 0) is 20.8 Å².